The van der Waals surface area contributed by atoms with Crippen molar-refractivity contribution in [2.45, 2.75) is 0 Å². The monoisotopic (exact) mass is 422 g/mol. The fourth-order valence-electron chi connectivity index (χ4n) is 2.61. The number of methoxy groups -OCH3 is 2. The highest BCUT2D eigenvalue weighted by Gasteiger charge is 2.19. The van der Waals surface area contributed by atoms with Crippen LogP contribution in [0.1, 0.15) is 31.1 Å². The molecule has 158 valence electrons. The molecule has 0 aliphatic heterocycles. The second-order valence-electron chi connectivity index (χ2n) is 6.20. The van der Waals surface area contributed by atoms with Crippen molar-refractivity contribution in [1.82, 2.24) is 0 Å². The van der Waals surface area contributed by atoms with Crippen LogP contribution < -0.4 is 18.9 Å². The third-order valence-electron chi connectivity index (χ3n) is 4.25. The van der Waals surface area contributed by atoms with Gasteiger partial charge in [-0.1, -0.05) is 0 Å². The van der Waals surface area contributed by atoms with Gasteiger partial charge in [-0.25, -0.2) is 14.4 Å². The van der Waals surface area contributed by atoms with E-state index in [0.717, 1.165) is 6.07 Å². The van der Waals surface area contributed by atoms with E-state index in [2.05, 4.69) is 0 Å². The van der Waals surface area contributed by atoms with Crippen LogP contribution in [-0.2, 0) is 0 Å². The highest BCUT2D eigenvalue weighted by Crippen LogP contribution is 2.26. The van der Waals surface area contributed by atoms with E-state index in [9.17, 15) is 19.5 Å². The van der Waals surface area contributed by atoms with Crippen LogP contribution in [0.25, 0.3) is 0 Å². The van der Waals surface area contributed by atoms with Crippen molar-refractivity contribution in [3.05, 3.63) is 83.4 Å². The van der Waals surface area contributed by atoms with Crippen molar-refractivity contribution in [3.8, 4) is 23.0 Å². The van der Waals surface area contributed by atoms with Crippen LogP contribution in [0.4, 0.5) is 0 Å². The van der Waals surface area contributed by atoms with E-state index in [1.54, 1.807) is 24.3 Å². The van der Waals surface area contributed by atoms with Crippen LogP contribution in [0.15, 0.2) is 66.7 Å². The van der Waals surface area contributed by atoms with Gasteiger partial charge in [0.15, 0.2) is 0 Å². The van der Waals surface area contributed by atoms with E-state index in [1.807, 2.05) is 0 Å². The number of carboxylic acid groups (broad SMARTS) is 1. The predicted molar refractivity (Wildman–Crippen MR) is 109 cm³/mol. The van der Waals surface area contributed by atoms with E-state index in [0.29, 0.717) is 11.5 Å². The Hall–Kier alpha value is -4.33. The van der Waals surface area contributed by atoms with Gasteiger partial charge >= 0.3 is 17.9 Å². The maximum absolute atomic E-state index is 12.3. The number of aromatic carboxylic acids is 1. The maximum atomic E-state index is 12.3. The number of rotatable bonds is 7. The van der Waals surface area contributed by atoms with Crippen LogP contribution in [0.2, 0.25) is 0 Å². The first-order valence-electron chi connectivity index (χ1n) is 9.01. The molecule has 0 radical (unpaired) electrons. The Morgan fingerprint density at radius 2 is 1.10 bits per heavy atom. The lowest BCUT2D eigenvalue weighted by molar-refractivity contribution is 0.0670. The first-order chi connectivity index (χ1) is 14.9. The number of esters is 2. The molecule has 0 amide bonds. The summed E-state index contributed by atoms with van der Waals surface area (Å²) < 4.78 is 20.5. The van der Waals surface area contributed by atoms with Crippen LogP contribution in [-0.4, -0.2) is 37.2 Å². The average molecular weight is 422 g/mol. The van der Waals surface area contributed by atoms with Crippen molar-refractivity contribution < 1.29 is 38.4 Å². The van der Waals surface area contributed by atoms with E-state index < -0.39 is 17.9 Å². The molecule has 31 heavy (non-hydrogen) atoms. The number of ether oxygens (including phenoxy) is 4. The topological polar surface area (TPSA) is 108 Å². The molecule has 0 spiro atoms. The summed E-state index contributed by atoms with van der Waals surface area (Å²) in [5, 5.41) is 9.49. The number of benzene rings is 3. The fourth-order valence-corrected chi connectivity index (χ4v) is 2.61. The molecule has 8 heteroatoms. The summed E-state index contributed by atoms with van der Waals surface area (Å²) in [6.45, 7) is 0. The van der Waals surface area contributed by atoms with Crippen LogP contribution in [0, 0.1) is 0 Å². The summed E-state index contributed by atoms with van der Waals surface area (Å²) in [6.07, 6.45) is 0. The molecule has 3 aromatic rings. The molecule has 0 heterocycles. The van der Waals surface area contributed by atoms with Crippen molar-refractivity contribution in [2.24, 2.45) is 0 Å². The number of carboxylic acids is 1. The molecule has 8 nitrogen and oxygen atoms in total. The molecule has 1 N–H and O–H groups in total. The zero-order valence-corrected chi connectivity index (χ0v) is 16.7. The Bertz CT molecular complexity index is 1100. The van der Waals surface area contributed by atoms with Crippen LogP contribution in [0.5, 0.6) is 23.0 Å². The molecule has 0 bridgehead atoms. The number of carbonyl (C=O) groups is 3. The summed E-state index contributed by atoms with van der Waals surface area (Å²) in [4.78, 5) is 36.3. The number of carbonyl (C=O) groups excluding carboxylic acids is 2. The molecule has 0 aliphatic carbocycles. The minimum atomic E-state index is -1.35. The normalized spacial score (nSPS) is 10.1. The molecule has 0 fully saturated rings. The second-order valence-corrected chi connectivity index (χ2v) is 6.20. The van der Waals surface area contributed by atoms with Gasteiger partial charge in [0.1, 0.15) is 28.6 Å². The zero-order chi connectivity index (χ0) is 22.4. The van der Waals surface area contributed by atoms with Gasteiger partial charge in [0.05, 0.1) is 25.3 Å². The lowest BCUT2D eigenvalue weighted by atomic mass is 10.1. The summed E-state index contributed by atoms with van der Waals surface area (Å²) >= 11 is 0. The SMILES string of the molecule is COc1ccc(C(=O)Oc2ccc(OC(=O)c3ccc(OC)cc3)c(C(=O)O)c2)cc1. The summed E-state index contributed by atoms with van der Waals surface area (Å²) in [5.74, 6) is -1.83. The van der Waals surface area contributed by atoms with E-state index in [4.69, 9.17) is 18.9 Å². The Balaban J connectivity index is 1.77. The van der Waals surface area contributed by atoms with E-state index >= 15 is 0 Å². The van der Waals surface area contributed by atoms with E-state index in [1.165, 1.54) is 50.6 Å². The van der Waals surface area contributed by atoms with Gasteiger partial charge in [-0.2, -0.15) is 0 Å². The summed E-state index contributed by atoms with van der Waals surface area (Å²) in [5.41, 5.74) is 0.140. The van der Waals surface area contributed by atoms with Crippen molar-refractivity contribution in [1.29, 1.82) is 0 Å². The minimum absolute atomic E-state index is 0.0116. The van der Waals surface area contributed by atoms with Crippen LogP contribution >= 0.6 is 0 Å². The smallest absolute Gasteiger partial charge is 0.343 e. The second kappa shape index (κ2) is 9.45. The molecule has 3 rings (SSSR count). The standard InChI is InChI=1S/C23H18O8/c1-28-16-7-3-14(4-8-16)22(26)30-18-11-12-20(19(13-18)21(24)25)31-23(27)15-5-9-17(29-2)10-6-15/h3-13H,1-2H3,(H,24,25). The lowest BCUT2D eigenvalue weighted by Crippen LogP contribution is -2.13. The average Bonchev–Trinajstić information content (AvgIpc) is 2.79. The van der Waals surface area contributed by atoms with Crippen molar-refractivity contribution >= 4 is 17.9 Å². The Labute approximate surface area is 177 Å². The molecular formula is C23H18O8. The highest BCUT2D eigenvalue weighted by atomic mass is 16.5. The largest absolute Gasteiger partial charge is 0.497 e. The Kier molecular flexibility index (Phi) is 6.51. The van der Waals surface area contributed by atoms with Gasteiger partial charge in [-0.05, 0) is 66.7 Å². The molecule has 0 unspecified atom stereocenters. The quantitative estimate of drug-likeness (QED) is 0.452. The first-order valence-corrected chi connectivity index (χ1v) is 9.01. The van der Waals surface area contributed by atoms with Gasteiger partial charge in [-0.3, -0.25) is 0 Å². The van der Waals surface area contributed by atoms with Gasteiger partial charge in [0.25, 0.3) is 0 Å². The van der Waals surface area contributed by atoms with Crippen molar-refractivity contribution in [3.63, 3.8) is 0 Å². The third kappa shape index (κ3) is 5.18. The number of hydrogen-bond acceptors (Lipinski definition) is 7. The lowest BCUT2D eigenvalue weighted by Gasteiger charge is -2.10. The predicted octanol–water partition coefficient (Wildman–Crippen LogP) is 3.84. The molecule has 0 atom stereocenters. The van der Waals surface area contributed by atoms with E-state index in [-0.39, 0.29) is 28.2 Å². The molecule has 3 aromatic carbocycles. The fraction of sp³-hybridized carbons (Fsp3) is 0.0870. The van der Waals surface area contributed by atoms with Gasteiger partial charge in [0.2, 0.25) is 0 Å². The van der Waals surface area contributed by atoms with Crippen LogP contribution in [0.3, 0.4) is 0 Å². The van der Waals surface area contributed by atoms with Gasteiger partial charge in [-0.15, -0.1) is 0 Å². The Morgan fingerprint density at radius 3 is 1.55 bits per heavy atom. The molecule has 0 saturated carbocycles. The molecule has 0 aliphatic rings. The van der Waals surface area contributed by atoms with Crippen molar-refractivity contribution in [2.75, 3.05) is 14.2 Å². The Morgan fingerprint density at radius 1 is 0.645 bits per heavy atom. The van der Waals surface area contributed by atoms with Gasteiger partial charge in [0, 0.05) is 0 Å². The summed E-state index contributed by atoms with van der Waals surface area (Å²) in [6, 6.07) is 16.1. The third-order valence-corrected chi connectivity index (χ3v) is 4.25. The molecular weight excluding hydrogens is 404 g/mol. The first kappa shape index (κ1) is 21.4. The zero-order valence-electron chi connectivity index (χ0n) is 16.7. The minimum Gasteiger partial charge on any atom is -0.497 e. The number of hydrogen-bond donors (Lipinski definition) is 1. The molecule has 0 saturated heterocycles. The van der Waals surface area contributed by atoms with Gasteiger partial charge < -0.3 is 24.1 Å². The summed E-state index contributed by atoms with van der Waals surface area (Å²) in [7, 11) is 3.00. The molecule has 0 aromatic heterocycles. The maximum Gasteiger partial charge on any atom is 0.343 e. The highest BCUT2D eigenvalue weighted by molar-refractivity contribution is 5.96.